The van der Waals surface area contributed by atoms with Crippen molar-refractivity contribution in [2.75, 3.05) is 7.11 Å². The number of nitrogens with zero attached hydrogens (tertiary/aromatic N) is 3. The smallest absolute Gasteiger partial charge is 0.130 e. The van der Waals surface area contributed by atoms with E-state index in [4.69, 9.17) is 10.3 Å². The molecule has 13 heavy (non-hydrogen) atoms. The van der Waals surface area contributed by atoms with E-state index in [0.717, 1.165) is 0 Å². The Labute approximate surface area is 74.6 Å². The molecule has 0 aromatic heterocycles. The lowest BCUT2D eigenvalue weighted by molar-refractivity contribution is 0.410. The summed E-state index contributed by atoms with van der Waals surface area (Å²) in [5, 5.41) is 3.26. The van der Waals surface area contributed by atoms with Crippen LogP contribution in [0.1, 0.15) is 5.56 Å². The average molecular weight is 181 g/mol. The summed E-state index contributed by atoms with van der Waals surface area (Å²) in [6.07, 6.45) is 0. The number of rotatable bonds is 3. The monoisotopic (exact) mass is 181 g/mol. The van der Waals surface area contributed by atoms with Crippen LogP contribution in [0.4, 0.5) is 4.39 Å². The molecular weight excluding hydrogens is 173 g/mol. The molecule has 0 radical (unpaired) electrons. The second kappa shape index (κ2) is 4.33. The fraction of sp³-hybridized carbons (Fsp3) is 0.250. The predicted molar refractivity (Wildman–Crippen MR) is 45.8 cm³/mol. The highest BCUT2D eigenvalue weighted by atomic mass is 19.1. The molecule has 5 heteroatoms. The molecule has 4 nitrogen and oxygen atoms in total. The van der Waals surface area contributed by atoms with E-state index in [2.05, 4.69) is 10.0 Å². The van der Waals surface area contributed by atoms with Gasteiger partial charge in [-0.3, -0.25) is 0 Å². The summed E-state index contributed by atoms with van der Waals surface area (Å²) in [6.45, 7) is 0.0202. The molecule has 0 amide bonds. The van der Waals surface area contributed by atoms with E-state index < -0.39 is 5.82 Å². The van der Waals surface area contributed by atoms with Gasteiger partial charge >= 0.3 is 0 Å². The lowest BCUT2D eigenvalue weighted by Crippen LogP contribution is -1.90. The first-order valence-corrected chi connectivity index (χ1v) is 3.61. The van der Waals surface area contributed by atoms with Crippen molar-refractivity contribution in [3.05, 3.63) is 40.0 Å². The number of hydrogen-bond acceptors (Lipinski definition) is 2. The van der Waals surface area contributed by atoms with E-state index in [9.17, 15) is 4.39 Å². The number of azide groups is 1. The van der Waals surface area contributed by atoms with Crippen molar-refractivity contribution in [2.24, 2.45) is 5.11 Å². The van der Waals surface area contributed by atoms with Crippen molar-refractivity contribution < 1.29 is 9.13 Å². The van der Waals surface area contributed by atoms with Crippen LogP contribution in [0, 0.1) is 5.82 Å². The SMILES string of the molecule is COc1ccc(CN=[N+]=[N-])c(F)c1. The van der Waals surface area contributed by atoms with Gasteiger partial charge < -0.3 is 4.74 Å². The molecule has 1 aromatic carbocycles. The Kier molecular flexibility index (Phi) is 3.11. The molecule has 0 bridgehead atoms. The van der Waals surface area contributed by atoms with Gasteiger partial charge in [0, 0.05) is 11.0 Å². The zero-order chi connectivity index (χ0) is 9.68. The van der Waals surface area contributed by atoms with Crippen LogP contribution in [-0.2, 0) is 6.54 Å². The maximum Gasteiger partial charge on any atom is 0.130 e. The Morgan fingerprint density at radius 3 is 2.92 bits per heavy atom. The van der Waals surface area contributed by atoms with E-state index in [1.165, 1.54) is 19.2 Å². The summed E-state index contributed by atoms with van der Waals surface area (Å²) in [6, 6.07) is 4.40. The summed E-state index contributed by atoms with van der Waals surface area (Å²) in [5.41, 5.74) is 8.39. The number of hydrogen-bond donors (Lipinski definition) is 0. The van der Waals surface area contributed by atoms with Gasteiger partial charge in [-0.25, -0.2) is 4.39 Å². The van der Waals surface area contributed by atoms with Crippen LogP contribution in [0.5, 0.6) is 5.75 Å². The lowest BCUT2D eigenvalue weighted by Gasteiger charge is -2.02. The van der Waals surface area contributed by atoms with Gasteiger partial charge in [-0.15, -0.1) is 0 Å². The highest BCUT2D eigenvalue weighted by molar-refractivity contribution is 5.28. The van der Waals surface area contributed by atoms with Gasteiger partial charge in [0.2, 0.25) is 0 Å². The minimum absolute atomic E-state index is 0.0202. The molecule has 0 fully saturated rings. The Morgan fingerprint density at radius 2 is 2.38 bits per heavy atom. The van der Waals surface area contributed by atoms with Gasteiger partial charge in [-0.2, -0.15) is 0 Å². The van der Waals surface area contributed by atoms with Crippen LogP contribution in [0.15, 0.2) is 23.3 Å². The molecular formula is C8H8FN3O. The van der Waals surface area contributed by atoms with Gasteiger partial charge in [-0.1, -0.05) is 11.2 Å². The highest BCUT2D eigenvalue weighted by Crippen LogP contribution is 2.16. The van der Waals surface area contributed by atoms with Crippen LogP contribution >= 0.6 is 0 Å². The van der Waals surface area contributed by atoms with E-state index in [0.29, 0.717) is 11.3 Å². The van der Waals surface area contributed by atoms with E-state index in [-0.39, 0.29) is 6.54 Å². The van der Waals surface area contributed by atoms with Gasteiger partial charge in [-0.05, 0) is 17.2 Å². The Bertz CT molecular complexity index is 347. The summed E-state index contributed by atoms with van der Waals surface area (Å²) < 4.78 is 17.9. The van der Waals surface area contributed by atoms with E-state index in [1.807, 2.05) is 0 Å². The fourth-order valence-electron chi connectivity index (χ4n) is 0.891. The number of methoxy groups -OCH3 is 1. The molecule has 0 N–H and O–H groups in total. The fourth-order valence-corrected chi connectivity index (χ4v) is 0.891. The molecule has 0 aliphatic rings. The minimum atomic E-state index is -0.424. The number of halogens is 1. The number of ether oxygens (including phenoxy) is 1. The zero-order valence-electron chi connectivity index (χ0n) is 7.07. The Balaban J connectivity index is 2.91. The molecule has 68 valence electrons. The van der Waals surface area contributed by atoms with Crippen LogP contribution in [0.25, 0.3) is 10.4 Å². The zero-order valence-corrected chi connectivity index (χ0v) is 7.07. The summed E-state index contributed by atoms with van der Waals surface area (Å²) in [4.78, 5) is 2.54. The van der Waals surface area contributed by atoms with Crippen LogP contribution in [0.2, 0.25) is 0 Å². The molecule has 0 aliphatic carbocycles. The Morgan fingerprint density at radius 1 is 1.62 bits per heavy atom. The first-order chi connectivity index (χ1) is 6.27. The Hall–Kier alpha value is -1.74. The van der Waals surface area contributed by atoms with Crippen molar-refractivity contribution in [3.8, 4) is 5.75 Å². The normalized spacial score (nSPS) is 9.08. The largest absolute Gasteiger partial charge is 0.497 e. The van der Waals surface area contributed by atoms with Crippen molar-refractivity contribution in [1.82, 2.24) is 0 Å². The second-order valence-electron chi connectivity index (χ2n) is 2.35. The molecule has 0 unspecified atom stereocenters. The molecule has 0 atom stereocenters. The maximum absolute atomic E-state index is 13.1. The molecule has 0 aliphatic heterocycles. The lowest BCUT2D eigenvalue weighted by atomic mass is 10.2. The molecule has 1 rings (SSSR count). The van der Waals surface area contributed by atoms with E-state index >= 15 is 0 Å². The van der Waals surface area contributed by atoms with Crippen molar-refractivity contribution in [1.29, 1.82) is 0 Å². The first kappa shape index (κ1) is 9.35. The van der Waals surface area contributed by atoms with Gasteiger partial charge in [0.05, 0.1) is 13.7 Å². The average Bonchev–Trinajstić information content (AvgIpc) is 2.16. The molecule has 1 aromatic rings. The van der Waals surface area contributed by atoms with Crippen LogP contribution in [0.3, 0.4) is 0 Å². The maximum atomic E-state index is 13.1. The quantitative estimate of drug-likeness (QED) is 0.401. The van der Waals surface area contributed by atoms with Crippen molar-refractivity contribution in [2.45, 2.75) is 6.54 Å². The summed E-state index contributed by atoms with van der Waals surface area (Å²) >= 11 is 0. The van der Waals surface area contributed by atoms with Crippen molar-refractivity contribution in [3.63, 3.8) is 0 Å². The molecule has 0 spiro atoms. The third-order valence-electron chi connectivity index (χ3n) is 1.56. The standard InChI is InChI=1S/C8H8FN3O/c1-13-7-3-2-6(5-11-12-10)8(9)4-7/h2-4H,5H2,1H3. The van der Waals surface area contributed by atoms with Gasteiger partial charge in [0.1, 0.15) is 11.6 Å². The van der Waals surface area contributed by atoms with Gasteiger partial charge in [0.25, 0.3) is 0 Å². The molecule has 0 saturated heterocycles. The third kappa shape index (κ3) is 2.35. The molecule has 0 heterocycles. The van der Waals surface area contributed by atoms with Crippen molar-refractivity contribution >= 4 is 0 Å². The topological polar surface area (TPSA) is 58.0 Å². The van der Waals surface area contributed by atoms with E-state index in [1.54, 1.807) is 6.07 Å². The predicted octanol–water partition coefficient (Wildman–Crippen LogP) is 2.64. The highest BCUT2D eigenvalue weighted by Gasteiger charge is 2.01. The summed E-state index contributed by atoms with van der Waals surface area (Å²) in [7, 11) is 1.46. The van der Waals surface area contributed by atoms with Crippen LogP contribution in [-0.4, -0.2) is 7.11 Å². The number of benzene rings is 1. The second-order valence-corrected chi connectivity index (χ2v) is 2.35. The molecule has 0 saturated carbocycles. The summed E-state index contributed by atoms with van der Waals surface area (Å²) in [5.74, 6) is 0.0222. The third-order valence-corrected chi connectivity index (χ3v) is 1.56. The minimum Gasteiger partial charge on any atom is -0.497 e. The van der Waals surface area contributed by atoms with Crippen LogP contribution < -0.4 is 4.74 Å². The van der Waals surface area contributed by atoms with Gasteiger partial charge in [0.15, 0.2) is 0 Å². The first-order valence-electron chi connectivity index (χ1n) is 3.61.